The Hall–Kier alpha value is -4.45. The molecule has 6 nitrogen and oxygen atoms in total. The third kappa shape index (κ3) is 15.1. The van der Waals surface area contributed by atoms with E-state index in [1.165, 1.54) is 31.9 Å². The van der Waals surface area contributed by atoms with Crippen molar-refractivity contribution >= 4 is 34.6 Å². The molecular weight excluding hydrogens is 498 g/mol. The topological polar surface area (TPSA) is 115 Å². The summed E-state index contributed by atoms with van der Waals surface area (Å²) in [6.07, 6.45) is 0. The summed E-state index contributed by atoms with van der Waals surface area (Å²) in [7, 11) is 0. The van der Waals surface area contributed by atoms with Crippen molar-refractivity contribution in [3.63, 3.8) is 0 Å². The number of rotatable bonds is 5. The fraction of sp³-hybridized carbons (Fsp3) is 0.265. The normalized spacial score (nSPS) is 8.82. The van der Waals surface area contributed by atoms with Crippen LogP contribution in [0.1, 0.15) is 91.4 Å². The first kappa shape index (κ1) is 37.7. The number of amides is 1. The Balaban J connectivity index is 0. The highest BCUT2D eigenvalue weighted by Gasteiger charge is 2.08. The minimum atomic E-state index is -0.159. The zero-order valence-electron chi connectivity index (χ0n) is 25.6. The Morgan fingerprint density at radius 3 is 1.20 bits per heavy atom. The van der Waals surface area contributed by atoms with E-state index < -0.39 is 0 Å². The van der Waals surface area contributed by atoms with Gasteiger partial charge in [0.15, 0.2) is 11.6 Å². The minimum absolute atomic E-state index is 0.0687. The van der Waals surface area contributed by atoms with E-state index in [-0.39, 0.29) is 17.5 Å². The van der Waals surface area contributed by atoms with E-state index >= 15 is 0 Å². The van der Waals surface area contributed by atoms with Crippen LogP contribution in [0.5, 0.6) is 0 Å². The van der Waals surface area contributed by atoms with Crippen molar-refractivity contribution in [1.82, 2.24) is 0 Å². The number of anilines is 1. The van der Waals surface area contributed by atoms with Crippen molar-refractivity contribution in [2.45, 2.75) is 62.3 Å². The highest BCUT2D eigenvalue weighted by molar-refractivity contribution is 6.07. The third-order valence-corrected chi connectivity index (χ3v) is 4.90. The Morgan fingerprint density at radius 2 is 0.950 bits per heavy atom. The van der Waals surface area contributed by atoms with Crippen molar-refractivity contribution in [1.29, 1.82) is 0 Å². The highest BCUT2D eigenvalue weighted by atomic mass is 16.1. The number of hydrogen-bond donors (Lipinski definition) is 3. The van der Waals surface area contributed by atoms with Gasteiger partial charge in [-0.25, -0.2) is 0 Å². The van der Waals surface area contributed by atoms with Crippen molar-refractivity contribution in [3.05, 3.63) is 113 Å². The molecule has 0 fully saturated rings. The van der Waals surface area contributed by atoms with Gasteiger partial charge in [-0.1, -0.05) is 101 Å². The molecule has 3 aromatic carbocycles. The summed E-state index contributed by atoms with van der Waals surface area (Å²) < 4.78 is 0. The first-order chi connectivity index (χ1) is 18.8. The van der Waals surface area contributed by atoms with Crippen LogP contribution >= 0.6 is 0 Å². The Bertz CT molecular complexity index is 1170. The molecule has 0 radical (unpaired) electrons. The van der Waals surface area contributed by atoms with Gasteiger partial charge in [-0.2, -0.15) is 0 Å². The second kappa shape index (κ2) is 20.5. The van der Waals surface area contributed by atoms with Gasteiger partial charge in [0, 0.05) is 35.1 Å². The van der Waals surface area contributed by atoms with Crippen molar-refractivity contribution in [3.8, 4) is 0 Å². The van der Waals surface area contributed by atoms with Crippen LogP contribution in [0, 0.1) is 13.8 Å². The number of Topliss-reactive ketones (excluding diaryl/α,β-unsaturated/α-hetero) is 2. The van der Waals surface area contributed by atoms with Gasteiger partial charge in [0.2, 0.25) is 5.91 Å². The summed E-state index contributed by atoms with van der Waals surface area (Å²) >= 11 is 0. The molecule has 40 heavy (non-hydrogen) atoms. The van der Waals surface area contributed by atoms with Crippen LogP contribution in [-0.4, -0.2) is 17.5 Å². The highest BCUT2D eigenvalue weighted by Crippen LogP contribution is 2.20. The number of aryl methyl sites for hydroxylation is 2. The molecule has 0 aliphatic carbocycles. The van der Waals surface area contributed by atoms with Crippen LogP contribution in [0.3, 0.4) is 0 Å². The molecule has 3 aromatic rings. The molecule has 0 unspecified atom stereocenters. The van der Waals surface area contributed by atoms with Gasteiger partial charge in [-0.3, -0.25) is 14.4 Å². The lowest BCUT2D eigenvalue weighted by Crippen LogP contribution is -2.08. The maximum Gasteiger partial charge on any atom is 0.221 e. The molecule has 0 saturated carbocycles. The maximum atomic E-state index is 11.0. The molecule has 0 atom stereocenters. The lowest BCUT2D eigenvalue weighted by molar-refractivity contribution is -0.114. The Labute approximate surface area is 241 Å². The predicted molar refractivity (Wildman–Crippen MR) is 172 cm³/mol. The van der Waals surface area contributed by atoms with Gasteiger partial charge in [0.25, 0.3) is 0 Å². The molecule has 0 aliphatic rings. The van der Waals surface area contributed by atoms with Crippen LogP contribution in [-0.2, 0) is 4.79 Å². The average molecular weight is 546 g/mol. The molecule has 3 rings (SSSR count). The summed E-state index contributed by atoms with van der Waals surface area (Å²) in [6.45, 7) is 23.8. The first-order valence-electron chi connectivity index (χ1n) is 13.3. The first-order valence-corrected chi connectivity index (χ1v) is 13.3. The Morgan fingerprint density at radius 1 is 0.625 bits per heavy atom. The number of carbonyl (C=O) groups excluding carboxylic acids is 3. The molecule has 0 bridgehead atoms. The maximum absolute atomic E-state index is 11.0. The van der Waals surface area contributed by atoms with E-state index in [0.29, 0.717) is 39.3 Å². The van der Waals surface area contributed by atoms with Gasteiger partial charge in [-0.15, -0.1) is 0 Å². The standard InChI is InChI=1S/C12H15N3O.C10H10O2.C8H10.2C2H6/c1-7(13)10-4-11(8(2)14)6-12(5-10)15-9(3)16;1-7(11)9-5-3-4-6-10(9)8(2)12;1-7-3-5-8(2)6-4-7;2*1-2/h4-6H,1-2,13-14H2,3H3,(H,15,16);3-6H,1-2H3;3-6H,1-2H3;2*1-2H3. The summed E-state index contributed by atoms with van der Waals surface area (Å²) in [5, 5.41) is 2.66. The van der Waals surface area contributed by atoms with Gasteiger partial charge in [0.05, 0.1) is 0 Å². The molecule has 6 heteroatoms. The SMILES string of the molecule is C=C(N)c1cc(NC(C)=O)cc(C(=C)N)c1.CC.CC.CC(=O)c1ccccc1C(C)=O.Cc1ccc(C)cc1. The van der Waals surface area contributed by atoms with Gasteiger partial charge in [0.1, 0.15) is 0 Å². The smallest absolute Gasteiger partial charge is 0.221 e. The van der Waals surface area contributed by atoms with E-state index in [9.17, 15) is 14.4 Å². The number of ketones is 2. The fourth-order valence-electron chi connectivity index (χ4n) is 3.01. The molecule has 216 valence electrons. The zero-order chi connectivity index (χ0) is 31.4. The predicted octanol–water partition coefficient (Wildman–Crippen LogP) is 7.95. The fourth-order valence-corrected chi connectivity index (χ4v) is 3.01. The molecule has 0 aromatic heterocycles. The number of nitrogens with two attached hydrogens (primary N) is 2. The van der Waals surface area contributed by atoms with Crippen LogP contribution in [0.15, 0.2) is 79.9 Å². The van der Waals surface area contributed by atoms with Gasteiger partial charge in [-0.05, 0) is 57.0 Å². The summed E-state index contributed by atoms with van der Waals surface area (Å²) in [5.74, 6) is -0.296. The van der Waals surface area contributed by atoms with E-state index in [1.54, 1.807) is 42.5 Å². The van der Waals surface area contributed by atoms with Crippen LogP contribution in [0.4, 0.5) is 5.69 Å². The summed E-state index contributed by atoms with van der Waals surface area (Å²) in [6, 6.07) is 20.6. The molecule has 0 saturated heterocycles. The van der Waals surface area contributed by atoms with E-state index in [2.05, 4.69) is 56.6 Å². The zero-order valence-corrected chi connectivity index (χ0v) is 25.6. The minimum Gasteiger partial charge on any atom is -0.399 e. The quantitative estimate of drug-likeness (QED) is 0.281. The lowest BCUT2D eigenvalue weighted by Gasteiger charge is -2.09. The molecule has 1 amide bonds. The summed E-state index contributed by atoms with van der Waals surface area (Å²) in [5.41, 5.74) is 17.8. The van der Waals surface area contributed by atoms with Crippen LogP contribution < -0.4 is 16.8 Å². The molecule has 0 spiro atoms. The number of carbonyl (C=O) groups is 3. The number of hydrogen-bond acceptors (Lipinski definition) is 5. The average Bonchev–Trinajstić information content (AvgIpc) is 2.92. The van der Waals surface area contributed by atoms with Crippen molar-refractivity contribution in [2.24, 2.45) is 11.5 Å². The second-order valence-corrected chi connectivity index (χ2v) is 8.34. The third-order valence-electron chi connectivity index (χ3n) is 4.90. The number of benzene rings is 3. The molecule has 5 N–H and O–H groups in total. The molecule has 0 aliphatic heterocycles. The Kier molecular flexibility index (Phi) is 19.3. The van der Waals surface area contributed by atoms with E-state index in [0.717, 1.165) is 0 Å². The van der Waals surface area contributed by atoms with Crippen molar-refractivity contribution < 1.29 is 14.4 Å². The number of nitrogens with one attached hydrogen (secondary N) is 1. The van der Waals surface area contributed by atoms with Crippen LogP contribution in [0.2, 0.25) is 0 Å². The second-order valence-electron chi connectivity index (χ2n) is 8.34. The van der Waals surface area contributed by atoms with E-state index in [4.69, 9.17) is 11.5 Å². The lowest BCUT2D eigenvalue weighted by atomic mass is 10.0. The van der Waals surface area contributed by atoms with Gasteiger partial charge >= 0.3 is 0 Å². The molecular formula is C34H47N3O3. The van der Waals surface area contributed by atoms with Crippen molar-refractivity contribution in [2.75, 3.05) is 5.32 Å². The van der Waals surface area contributed by atoms with Crippen LogP contribution in [0.25, 0.3) is 11.4 Å². The largest absolute Gasteiger partial charge is 0.399 e. The van der Waals surface area contributed by atoms with Gasteiger partial charge < -0.3 is 16.8 Å². The molecule has 0 heterocycles. The van der Waals surface area contributed by atoms with E-state index in [1.807, 2.05) is 27.7 Å². The summed E-state index contributed by atoms with van der Waals surface area (Å²) in [4.78, 5) is 33.0. The monoisotopic (exact) mass is 545 g/mol.